The summed E-state index contributed by atoms with van der Waals surface area (Å²) < 4.78 is 16.9. The molecule has 0 spiro atoms. The highest BCUT2D eigenvalue weighted by Crippen LogP contribution is 2.39. The molecule has 1 saturated carbocycles. The van der Waals surface area contributed by atoms with Gasteiger partial charge in [0.2, 0.25) is 5.91 Å². The highest BCUT2D eigenvalue weighted by Gasteiger charge is 2.50. The van der Waals surface area contributed by atoms with Crippen LogP contribution in [0.5, 0.6) is 11.5 Å². The molecule has 5 rings (SSSR count). The van der Waals surface area contributed by atoms with Crippen LogP contribution in [0.15, 0.2) is 24.3 Å². The predicted molar refractivity (Wildman–Crippen MR) is 126 cm³/mol. The van der Waals surface area contributed by atoms with Crippen molar-refractivity contribution in [2.75, 3.05) is 18.1 Å². The van der Waals surface area contributed by atoms with Crippen LogP contribution in [0, 0.1) is 5.92 Å². The van der Waals surface area contributed by atoms with E-state index in [0.717, 1.165) is 25.7 Å². The summed E-state index contributed by atoms with van der Waals surface area (Å²) in [6.45, 7) is 4.78. The lowest BCUT2D eigenvalue weighted by atomic mass is 9.86. The minimum atomic E-state index is -1.33. The summed E-state index contributed by atoms with van der Waals surface area (Å²) >= 11 is 5.22. The Hall–Kier alpha value is -3.27. The van der Waals surface area contributed by atoms with Gasteiger partial charge in [-0.15, -0.1) is 0 Å². The third kappa shape index (κ3) is 4.20. The molecule has 1 atom stereocenters. The van der Waals surface area contributed by atoms with Crippen LogP contribution in [0.1, 0.15) is 60.5 Å². The number of benzene rings is 1. The van der Waals surface area contributed by atoms with E-state index in [1.54, 1.807) is 25.1 Å². The number of anilines is 1. The van der Waals surface area contributed by atoms with Gasteiger partial charge < -0.3 is 19.1 Å². The van der Waals surface area contributed by atoms with Crippen molar-refractivity contribution in [1.29, 1.82) is 0 Å². The van der Waals surface area contributed by atoms with E-state index < -0.39 is 17.4 Å². The molecule has 2 aromatic rings. The maximum absolute atomic E-state index is 13.8. The van der Waals surface area contributed by atoms with E-state index in [9.17, 15) is 14.4 Å². The van der Waals surface area contributed by atoms with E-state index in [0.29, 0.717) is 36.3 Å². The zero-order valence-electron chi connectivity index (χ0n) is 19.6. The Kier molecular flexibility index (Phi) is 6.08. The lowest BCUT2D eigenvalue weighted by molar-refractivity contribution is -0.127. The quantitative estimate of drug-likeness (QED) is 0.683. The topological polar surface area (TPSA) is 112 Å². The van der Waals surface area contributed by atoms with E-state index >= 15 is 0 Å². The van der Waals surface area contributed by atoms with Gasteiger partial charge in [0.25, 0.3) is 5.91 Å². The van der Waals surface area contributed by atoms with Crippen LogP contribution in [-0.4, -0.2) is 52.4 Å². The van der Waals surface area contributed by atoms with Crippen LogP contribution in [-0.2, 0) is 15.6 Å². The lowest BCUT2D eigenvalue weighted by Crippen LogP contribution is -2.65. The molecular weight excluding hydrogens is 476 g/mol. The standard InChI is InChI=1S/C24H27ClN4O6/c1-14-3-5-15(6-4-14)26-23(32)24(2)13-28-18(12-17(27-28)22(31)35-25)21(30)29(24)16-7-8-19-20(11-16)34-10-9-33-19/h7-8,11-12,14-15H,3-6,9-10,13H2,1-2H3,(H,26,32). The molecule has 3 aliphatic rings. The molecule has 0 radical (unpaired) electrons. The molecule has 3 heterocycles. The van der Waals surface area contributed by atoms with E-state index in [1.165, 1.54) is 15.6 Å². The van der Waals surface area contributed by atoms with Crippen LogP contribution in [0.2, 0.25) is 0 Å². The van der Waals surface area contributed by atoms with Gasteiger partial charge in [-0.1, -0.05) is 6.92 Å². The second kappa shape index (κ2) is 9.07. The smallest absolute Gasteiger partial charge is 0.376 e. The van der Waals surface area contributed by atoms with Crippen molar-refractivity contribution in [1.82, 2.24) is 15.1 Å². The second-order valence-electron chi connectivity index (χ2n) is 9.61. The third-order valence-corrected chi connectivity index (χ3v) is 7.20. The molecule has 1 aliphatic carbocycles. The van der Waals surface area contributed by atoms with Gasteiger partial charge >= 0.3 is 5.97 Å². The van der Waals surface area contributed by atoms with Crippen molar-refractivity contribution in [3.63, 3.8) is 0 Å². The zero-order valence-corrected chi connectivity index (χ0v) is 20.3. The summed E-state index contributed by atoms with van der Waals surface area (Å²) in [6.07, 6.45) is 3.86. The highest BCUT2D eigenvalue weighted by atomic mass is 35.5. The molecule has 1 N–H and O–H groups in total. The number of rotatable bonds is 4. The Morgan fingerprint density at radius 2 is 1.86 bits per heavy atom. The molecule has 2 aliphatic heterocycles. The van der Waals surface area contributed by atoms with Gasteiger partial charge in [0.05, 0.1) is 6.54 Å². The number of ether oxygens (including phenoxy) is 2. The number of hydrogen-bond acceptors (Lipinski definition) is 7. The van der Waals surface area contributed by atoms with Crippen molar-refractivity contribution in [3.05, 3.63) is 35.7 Å². The van der Waals surface area contributed by atoms with Crippen molar-refractivity contribution < 1.29 is 28.1 Å². The summed E-state index contributed by atoms with van der Waals surface area (Å²) in [7, 11) is 0. The molecule has 1 aromatic heterocycles. The van der Waals surface area contributed by atoms with Gasteiger partial charge in [-0.05, 0) is 50.7 Å². The Labute approximate surface area is 207 Å². The first kappa shape index (κ1) is 23.5. The Morgan fingerprint density at radius 1 is 1.14 bits per heavy atom. The number of carbonyl (C=O) groups excluding carboxylic acids is 3. The molecule has 10 nitrogen and oxygen atoms in total. The van der Waals surface area contributed by atoms with E-state index in [2.05, 4.69) is 21.6 Å². The summed E-state index contributed by atoms with van der Waals surface area (Å²) in [6, 6.07) is 6.49. The van der Waals surface area contributed by atoms with Gasteiger partial charge in [0.1, 0.15) is 36.3 Å². The maximum atomic E-state index is 13.8. The fraction of sp³-hybridized carbons (Fsp3) is 0.500. The van der Waals surface area contributed by atoms with E-state index in [-0.39, 0.29) is 29.9 Å². The molecular formula is C24H27ClN4O6. The zero-order chi connectivity index (χ0) is 24.7. The van der Waals surface area contributed by atoms with Crippen LogP contribution in [0.25, 0.3) is 0 Å². The summed E-state index contributed by atoms with van der Waals surface area (Å²) in [5.41, 5.74) is -0.821. The SMILES string of the molecule is CC1CCC(NC(=O)C2(C)Cn3nc(C(=O)OCl)cc3C(=O)N2c2ccc3c(c2)OCCO3)CC1. The summed E-state index contributed by atoms with van der Waals surface area (Å²) in [5.74, 6) is 0.0535. The number of amides is 2. The Morgan fingerprint density at radius 3 is 2.57 bits per heavy atom. The number of aromatic nitrogens is 2. The van der Waals surface area contributed by atoms with Crippen molar-refractivity contribution >= 4 is 35.3 Å². The molecule has 11 heteroatoms. The van der Waals surface area contributed by atoms with E-state index in [4.69, 9.17) is 21.3 Å². The van der Waals surface area contributed by atoms with Gasteiger partial charge in [-0.3, -0.25) is 19.2 Å². The predicted octanol–water partition coefficient (Wildman–Crippen LogP) is 3.08. The number of hydrogen-bond donors (Lipinski definition) is 1. The van der Waals surface area contributed by atoms with Gasteiger partial charge in [-0.25, -0.2) is 4.79 Å². The average Bonchev–Trinajstić information content (AvgIpc) is 3.29. The van der Waals surface area contributed by atoms with Crippen LogP contribution >= 0.6 is 11.9 Å². The molecule has 0 bridgehead atoms. The molecule has 2 amide bonds. The number of nitrogens with zero attached hydrogens (tertiary/aromatic N) is 3. The van der Waals surface area contributed by atoms with E-state index in [1.807, 2.05) is 0 Å². The summed E-state index contributed by atoms with van der Waals surface area (Å²) in [4.78, 5) is 41.0. The van der Waals surface area contributed by atoms with Crippen LogP contribution in [0.4, 0.5) is 5.69 Å². The molecule has 35 heavy (non-hydrogen) atoms. The molecule has 1 unspecified atom stereocenters. The number of halogens is 1. The molecule has 0 saturated heterocycles. The Bertz CT molecular complexity index is 1170. The number of fused-ring (bicyclic) bond motifs is 2. The molecule has 1 fully saturated rings. The second-order valence-corrected chi connectivity index (χ2v) is 9.76. The minimum Gasteiger partial charge on any atom is -0.486 e. The van der Waals surface area contributed by atoms with Gasteiger partial charge in [0.15, 0.2) is 17.2 Å². The van der Waals surface area contributed by atoms with Crippen LogP contribution in [0.3, 0.4) is 0 Å². The van der Waals surface area contributed by atoms with Crippen molar-refractivity contribution in [3.8, 4) is 11.5 Å². The average molecular weight is 503 g/mol. The highest BCUT2D eigenvalue weighted by molar-refractivity contribution is 6.16. The first-order valence-corrected chi connectivity index (χ1v) is 12.1. The Balaban J connectivity index is 1.54. The van der Waals surface area contributed by atoms with Crippen molar-refractivity contribution in [2.24, 2.45) is 5.92 Å². The van der Waals surface area contributed by atoms with Gasteiger partial charge in [0, 0.05) is 23.9 Å². The normalized spacial score (nSPS) is 25.6. The minimum absolute atomic E-state index is 0.0348. The fourth-order valence-corrected chi connectivity index (χ4v) is 5.12. The number of nitrogens with one attached hydrogen (secondary N) is 1. The van der Waals surface area contributed by atoms with Crippen molar-refractivity contribution in [2.45, 2.75) is 57.7 Å². The molecule has 186 valence electrons. The first-order chi connectivity index (χ1) is 16.8. The fourth-order valence-electron chi connectivity index (χ4n) is 5.04. The van der Waals surface area contributed by atoms with Gasteiger partial charge in [-0.2, -0.15) is 5.10 Å². The monoisotopic (exact) mass is 502 g/mol. The number of carbonyl (C=O) groups is 3. The summed E-state index contributed by atoms with van der Waals surface area (Å²) in [5, 5.41) is 7.35. The lowest BCUT2D eigenvalue weighted by Gasteiger charge is -2.44. The maximum Gasteiger partial charge on any atom is 0.376 e. The molecule has 1 aromatic carbocycles. The van der Waals surface area contributed by atoms with Crippen LogP contribution < -0.4 is 19.7 Å². The first-order valence-electron chi connectivity index (χ1n) is 11.8. The third-order valence-electron chi connectivity index (χ3n) is 7.06. The largest absolute Gasteiger partial charge is 0.486 e.